The summed E-state index contributed by atoms with van der Waals surface area (Å²) in [5.74, 6) is 0.279. The average molecular weight is 348 g/mol. The Labute approximate surface area is 138 Å². The van der Waals surface area contributed by atoms with Crippen molar-refractivity contribution in [3.63, 3.8) is 0 Å². The zero-order valence-corrected chi connectivity index (χ0v) is 13.6. The Morgan fingerprint density at radius 2 is 1.92 bits per heavy atom. The first-order valence-electron chi connectivity index (χ1n) is 8.37. The predicted molar refractivity (Wildman–Crippen MR) is 79.2 cm³/mol. The molecule has 0 bridgehead atoms. The second kappa shape index (κ2) is 7.75. The molecule has 2 saturated heterocycles. The van der Waals surface area contributed by atoms with Crippen LogP contribution >= 0.6 is 0 Å². The standard InChI is InChI=1S/C14H23F3N6O/c15-14(16,17)11-23-13(18-19-20-23)10-22-4-2-1-3-12(22)9-21-5-7-24-8-6-21/h12H,1-11H2. The molecular weight excluding hydrogens is 325 g/mol. The van der Waals surface area contributed by atoms with Crippen LogP contribution in [0.25, 0.3) is 0 Å². The molecule has 136 valence electrons. The van der Waals surface area contributed by atoms with Gasteiger partial charge in [0.05, 0.1) is 19.8 Å². The van der Waals surface area contributed by atoms with E-state index >= 15 is 0 Å². The van der Waals surface area contributed by atoms with Crippen molar-refractivity contribution in [3.05, 3.63) is 5.82 Å². The van der Waals surface area contributed by atoms with Gasteiger partial charge < -0.3 is 4.74 Å². The maximum Gasteiger partial charge on any atom is 0.408 e. The van der Waals surface area contributed by atoms with Crippen molar-refractivity contribution < 1.29 is 17.9 Å². The van der Waals surface area contributed by atoms with Gasteiger partial charge in [-0.1, -0.05) is 6.42 Å². The molecule has 0 N–H and O–H groups in total. The molecule has 0 amide bonds. The smallest absolute Gasteiger partial charge is 0.379 e. The van der Waals surface area contributed by atoms with Gasteiger partial charge >= 0.3 is 6.18 Å². The van der Waals surface area contributed by atoms with E-state index in [4.69, 9.17) is 4.74 Å². The van der Waals surface area contributed by atoms with E-state index < -0.39 is 12.7 Å². The SMILES string of the molecule is FC(F)(F)Cn1nnnc1CN1CCCCC1CN1CCOCC1. The summed E-state index contributed by atoms with van der Waals surface area (Å²) in [5, 5.41) is 10.7. The number of hydrogen-bond acceptors (Lipinski definition) is 6. The minimum atomic E-state index is -4.32. The Kier molecular flexibility index (Phi) is 5.67. The van der Waals surface area contributed by atoms with E-state index in [1.54, 1.807) is 0 Å². The fourth-order valence-electron chi connectivity index (χ4n) is 3.37. The summed E-state index contributed by atoms with van der Waals surface area (Å²) in [4.78, 5) is 4.59. The molecule has 0 radical (unpaired) electrons. The highest BCUT2D eigenvalue weighted by molar-refractivity contribution is 4.88. The summed E-state index contributed by atoms with van der Waals surface area (Å²) >= 11 is 0. The van der Waals surface area contributed by atoms with Crippen molar-refractivity contribution in [1.82, 2.24) is 30.0 Å². The summed E-state index contributed by atoms with van der Waals surface area (Å²) in [7, 11) is 0. The van der Waals surface area contributed by atoms with E-state index in [9.17, 15) is 13.2 Å². The molecular formula is C14H23F3N6O. The number of halogens is 3. The van der Waals surface area contributed by atoms with Gasteiger partial charge in [0.2, 0.25) is 0 Å². The molecule has 0 aliphatic carbocycles. The highest BCUT2D eigenvalue weighted by atomic mass is 19.4. The van der Waals surface area contributed by atoms with Crippen LogP contribution < -0.4 is 0 Å². The van der Waals surface area contributed by atoms with Gasteiger partial charge in [-0.3, -0.25) is 9.80 Å². The number of tetrazole rings is 1. The van der Waals surface area contributed by atoms with Gasteiger partial charge in [-0.05, 0) is 29.8 Å². The topological polar surface area (TPSA) is 59.3 Å². The third-order valence-corrected chi connectivity index (χ3v) is 4.60. The van der Waals surface area contributed by atoms with Gasteiger partial charge in [0, 0.05) is 25.7 Å². The zero-order chi connectivity index (χ0) is 17.0. The van der Waals surface area contributed by atoms with E-state index in [1.807, 2.05) is 0 Å². The van der Waals surface area contributed by atoms with Crippen LogP contribution in [0.1, 0.15) is 25.1 Å². The number of morpholine rings is 1. The molecule has 0 saturated carbocycles. The molecule has 10 heteroatoms. The van der Waals surface area contributed by atoms with E-state index in [0.717, 1.165) is 63.3 Å². The second-order valence-corrected chi connectivity index (χ2v) is 6.40. The van der Waals surface area contributed by atoms with E-state index in [0.29, 0.717) is 12.6 Å². The summed E-state index contributed by atoms with van der Waals surface area (Å²) in [6, 6.07) is 0.327. The van der Waals surface area contributed by atoms with E-state index in [1.165, 1.54) is 0 Å². The van der Waals surface area contributed by atoms with Crippen molar-refractivity contribution in [1.29, 1.82) is 0 Å². The van der Waals surface area contributed by atoms with Crippen LogP contribution in [-0.2, 0) is 17.8 Å². The lowest BCUT2D eigenvalue weighted by Crippen LogP contribution is -2.49. The van der Waals surface area contributed by atoms with Crippen LogP contribution in [0.2, 0.25) is 0 Å². The van der Waals surface area contributed by atoms with Crippen LogP contribution in [-0.4, -0.2) is 81.6 Å². The minimum absolute atomic E-state index is 0.279. The predicted octanol–water partition coefficient (Wildman–Crippen LogP) is 0.922. The molecule has 24 heavy (non-hydrogen) atoms. The van der Waals surface area contributed by atoms with Crippen LogP contribution in [0.15, 0.2) is 0 Å². The molecule has 2 aliphatic heterocycles. The van der Waals surface area contributed by atoms with E-state index in [-0.39, 0.29) is 5.82 Å². The van der Waals surface area contributed by atoms with Gasteiger partial charge in [-0.15, -0.1) is 5.10 Å². The summed E-state index contributed by atoms with van der Waals surface area (Å²) < 4.78 is 44.1. The Morgan fingerprint density at radius 3 is 2.67 bits per heavy atom. The van der Waals surface area contributed by atoms with Gasteiger partial charge in [-0.2, -0.15) is 13.2 Å². The van der Waals surface area contributed by atoms with Crippen molar-refractivity contribution in [3.8, 4) is 0 Å². The normalized spacial score (nSPS) is 24.4. The summed E-state index contributed by atoms with van der Waals surface area (Å²) in [5.41, 5.74) is 0. The lowest BCUT2D eigenvalue weighted by Gasteiger charge is -2.39. The maximum atomic E-state index is 12.6. The van der Waals surface area contributed by atoms with Gasteiger partial charge in [-0.25, -0.2) is 4.68 Å². The molecule has 0 aromatic carbocycles. The third-order valence-electron chi connectivity index (χ3n) is 4.60. The average Bonchev–Trinajstić information content (AvgIpc) is 2.95. The number of aromatic nitrogens is 4. The molecule has 0 spiro atoms. The molecule has 7 nitrogen and oxygen atoms in total. The number of alkyl halides is 3. The molecule has 2 aliphatic rings. The number of piperidine rings is 1. The molecule has 1 atom stereocenters. The second-order valence-electron chi connectivity index (χ2n) is 6.40. The summed E-state index contributed by atoms with van der Waals surface area (Å²) in [6.45, 7) is 4.33. The number of hydrogen-bond donors (Lipinski definition) is 0. The number of nitrogens with zero attached hydrogens (tertiary/aromatic N) is 6. The first-order chi connectivity index (χ1) is 11.5. The van der Waals surface area contributed by atoms with Crippen LogP contribution in [0, 0.1) is 0 Å². The van der Waals surface area contributed by atoms with Gasteiger partial charge in [0.15, 0.2) is 5.82 Å². The molecule has 1 aromatic heterocycles. The molecule has 1 unspecified atom stereocenters. The minimum Gasteiger partial charge on any atom is -0.379 e. The lowest BCUT2D eigenvalue weighted by molar-refractivity contribution is -0.143. The largest absolute Gasteiger partial charge is 0.408 e. The van der Waals surface area contributed by atoms with Crippen molar-refractivity contribution in [2.24, 2.45) is 0 Å². The molecule has 3 heterocycles. The monoisotopic (exact) mass is 348 g/mol. The van der Waals surface area contributed by atoms with E-state index in [2.05, 4.69) is 25.3 Å². The quantitative estimate of drug-likeness (QED) is 0.789. The first kappa shape index (κ1) is 17.6. The van der Waals surface area contributed by atoms with Gasteiger partial charge in [0.1, 0.15) is 6.54 Å². The number of ether oxygens (including phenoxy) is 1. The first-order valence-corrected chi connectivity index (χ1v) is 8.37. The van der Waals surface area contributed by atoms with Crippen LogP contribution in [0.4, 0.5) is 13.2 Å². The number of rotatable bonds is 5. The summed E-state index contributed by atoms with van der Waals surface area (Å²) in [6.07, 6.45) is -1.06. The highest BCUT2D eigenvalue weighted by Crippen LogP contribution is 2.22. The van der Waals surface area contributed by atoms with Crippen molar-refractivity contribution in [2.75, 3.05) is 39.4 Å². The fourth-order valence-corrected chi connectivity index (χ4v) is 3.37. The fraction of sp³-hybridized carbons (Fsp3) is 0.929. The molecule has 3 rings (SSSR count). The zero-order valence-electron chi connectivity index (χ0n) is 13.6. The van der Waals surface area contributed by atoms with Crippen LogP contribution in [0.3, 0.4) is 0 Å². The Bertz CT molecular complexity index is 517. The third kappa shape index (κ3) is 4.87. The highest BCUT2D eigenvalue weighted by Gasteiger charge is 2.32. The van der Waals surface area contributed by atoms with Crippen LogP contribution in [0.5, 0.6) is 0 Å². The van der Waals surface area contributed by atoms with Crippen molar-refractivity contribution in [2.45, 2.75) is 44.6 Å². The molecule has 1 aromatic rings. The molecule has 2 fully saturated rings. The lowest BCUT2D eigenvalue weighted by atomic mass is 10.0. The van der Waals surface area contributed by atoms with Crippen molar-refractivity contribution >= 4 is 0 Å². The van der Waals surface area contributed by atoms with Gasteiger partial charge in [0.25, 0.3) is 0 Å². The number of likely N-dealkylation sites (tertiary alicyclic amines) is 1. The Hall–Kier alpha value is -1.26. The maximum absolute atomic E-state index is 12.6. The Morgan fingerprint density at radius 1 is 1.12 bits per heavy atom. The Balaban J connectivity index is 1.62.